The fourth-order valence-corrected chi connectivity index (χ4v) is 2.95. The Hall–Kier alpha value is -2.57. The quantitative estimate of drug-likeness (QED) is 0.723. The van der Waals surface area contributed by atoms with Crippen molar-refractivity contribution in [2.24, 2.45) is 0 Å². The maximum absolute atomic E-state index is 9.29. The maximum atomic E-state index is 9.29. The van der Waals surface area contributed by atoms with E-state index in [1.165, 1.54) is 0 Å². The molecule has 0 aliphatic heterocycles. The fourth-order valence-electron chi connectivity index (χ4n) is 2.95. The van der Waals surface area contributed by atoms with Crippen LogP contribution >= 0.6 is 0 Å². The number of aryl methyl sites for hydroxylation is 2. The first-order valence-corrected chi connectivity index (χ1v) is 8.37. The van der Waals surface area contributed by atoms with Crippen molar-refractivity contribution in [1.82, 2.24) is 25.5 Å². The lowest BCUT2D eigenvalue weighted by atomic mass is 10.1. The van der Waals surface area contributed by atoms with Crippen LogP contribution in [0.3, 0.4) is 0 Å². The molecule has 0 amide bonds. The Morgan fingerprint density at radius 1 is 1.12 bits per heavy atom. The summed E-state index contributed by atoms with van der Waals surface area (Å²) in [6.45, 7) is 6.80. The lowest BCUT2D eigenvalue weighted by Crippen LogP contribution is -2.21. The first-order chi connectivity index (χ1) is 12.1. The van der Waals surface area contributed by atoms with Gasteiger partial charge in [0.25, 0.3) is 0 Å². The lowest BCUT2D eigenvalue weighted by Gasteiger charge is -2.16. The van der Waals surface area contributed by atoms with Crippen LogP contribution in [-0.2, 0) is 13.2 Å². The van der Waals surface area contributed by atoms with Crippen LogP contribution in [0.4, 0.5) is 0 Å². The highest BCUT2D eigenvalue weighted by Gasteiger charge is 2.14. The van der Waals surface area contributed by atoms with Gasteiger partial charge in [0.15, 0.2) is 5.82 Å². The minimum Gasteiger partial charge on any atom is -0.392 e. The first-order valence-electron chi connectivity index (χ1n) is 8.37. The molecule has 6 nitrogen and oxygen atoms in total. The van der Waals surface area contributed by atoms with Gasteiger partial charge < -0.3 is 10.4 Å². The number of hydrogen-bond donors (Lipinski definition) is 2. The van der Waals surface area contributed by atoms with Crippen LogP contribution in [-0.4, -0.2) is 25.3 Å². The maximum Gasteiger partial charge on any atom is 0.170 e. The molecule has 3 rings (SSSR count). The summed E-state index contributed by atoms with van der Waals surface area (Å²) in [4.78, 5) is 0. The molecule has 25 heavy (non-hydrogen) atoms. The molecule has 2 N–H and O–H groups in total. The van der Waals surface area contributed by atoms with E-state index < -0.39 is 0 Å². The molecule has 0 spiro atoms. The van der Waals surface area contributed by atoms with Crippen molar-refractivity contribution in [3.8, 4) is 5.69 Å². The topological polar surface area (TPSA) is 75.9 Å². The Kier molecular flexibility index (Phi) is 5.21. The second-order valence-corrected chi connectivity index (χ2v) is 6.25. The Morgan fingerprint density at radius 2 is 1.84 bits per heavy atom. The fraction of sp³-hybridized carbons (Fsp3) is 0.316. The third-order valence-corrected chi connectivity index (χ3v) is 4.39. The number of aromatic nitrogens is 4. The van der Waals surface area contributed by atoms with Gasteiger partial charge in [-0.15, -0.1) is 5.10 Å². The van der Waals surface area contributed by atoms with Gasteiger partial charge in [0, 0.05) is 6.04 Å². The van der Waals surface area contributed by atoms with Crippen LogP contribution in [0.25, 0.3) is 5.69 Å². The number of benzene rings is 2. The highest BCUT2D eigenvalue weighted by molar-refractivity contribution is 5.46. The summed E-state index contributed by atoms with van der Waals surface area (Å²) >= 11 is 0. The average molecular weight is 337 g/mol. The SMILES string of the molecule is Cc1cccc(C)c1-n1nnnc1CNC(C)c1cccc(CO)c1. The van der Waals surface area contributed by atoms with E-state index in [4.69, 9.17) is 0 Å². The van der Waals surface area contributed by atoms with Crippen molar-refractivity contribution in [3.05, 3.63) is 70.5 Å². The highest BCUT2D eigenvalue weighted by Crippen LogP contribution is 2.19. The average Bonchev–Trinajstić information content (AvgIpc) is 3.07. The molecule has 3 aromatic rings. The molecule has 130 valence electrons. The second kappa shape index (κ2) is 7.55. The number of hydrogen-bond acceptors (Lipinski definition) is 5. The van der Waals surface area contributed by atoms with Crippen LogP contribution in [0.2, 0.25) is 0 Å². The van der Waals surface area contributed by atoms with Crippen LogP contribution in [0.5, 0.6) is 0 Å². The summed E-state index contributed by atoms with van der Waals surface area (Å²) in [6.07, 6.45) is 0. The zero-order valence-electron chi connectivity index (χ0n) is 14.8. The molecule has 0 saturated heterocycles. The van der Waals surface area contributed by atoms with Gasteiger partial charge in [0.1, 0.15) is 0 Å². The number of aliphatic hydroxyl groups is 1. The van der Waals surface area contributed by atoms with Gasteiger partial charge in [-0.1, -0.05) is 42.5 Å². The Morgan fingerprint density at radius 3 is 2.56 bits per heavy atom. The van der Waals surface area contributed by atoms with E-state index in [-0.39, 0.29) is 12.6 Å². The zero-order chi connectivity index (χ0) is 17.8. The van der Waals surface area contributed by atoms with E-state index in [1.54, 1.807) is 4.68 Å². The van der Waals surface area contributed by atoms with E-state index in [0.717, 1.165) is 33.8 Å². The van der Waals surface area contributed by atoms with Crippen molar-refractivity contribution in [1.29, 1.82) is 0 Å². The van der Waals surface area contributed by atoms with Crippen molar-refractivity contribution >= 4 is 0 Å². The molecule has 1 heterocycles. The second-order valence-electron chi connectivity index (χ2n) is 6.25. The van der Waals surface area contributed by atoms with Gasteiger partial charge in [-0.3, -0.25) is 0 Å². The molecule has 0 saturated carbocycles. The minimum absolute atomic E-state index is 0.0470. The molecular formula is C19H23N5O. The van der Waals surface area contributed by atoms with Crippen molar-refractivity contribution in [2.75, 3.05) is 0 Å². The van der Waals surface area contributed by atoms with Crippen LogP contribution in [0, 0.1) is 13.8 Å². The number of nitrogens with zero attached hydrogens (tertiary/aromatic N) is 4. The first kappa shape index (κ1) is 17.3. The largest absolute Gasteiger partial charge is 0.392 e. The number of para-hydroxylation sites is 1. The monoisotopic (exact) mass is 337 g/mol. The molecule has 1 aromatic heterocycles. The molecule has 1 atom stereocenters. The predicted molar refractivity (Wildman–Crippen MR) is 96.2 cm³/mol. The van der Waals surface area contributed by atoms with Gasteiger partial charge in [0.2, 0.25) is 0 Å². The normalized spacial score (nSPS) is 12.3. The van der Waals surface area contributed by atoms with Gasteiger partial charge in [-0.2, -0.15) is 4.68 Å². The van der Waals surface area contributed by atoms with E-state index in [1.807, 2.05) is 30.3 Å². The molecule has 0 aliphatic carbocycles. The summed E-state index contributed by atoms with van der Waals surface area (Å²) in [6, 6.07) is 14.2. The Labute approximate surface area is 147 Å². The molecule has 2 aromatic carbocycles. The number of nitrogens with one attached hydrogen (secondary N) is 1. The van der Waals surface area contributed by atoms with E-state index in [2.05, 4.69) is 53.7 Å². The Balaban J connectivity index is 1.78. The van der Waals surface area contributed by atoms with Crippen LogP contribution in [0.15, 0.2) is 42.5 Å². The van der Waals surface area contributed by atoms with E-state index in [0.29, 0.717) is 6.54 Å². The standard InChI is InChI=1S/C19H23N5O/c1-13-6-4-7-14(2)19(13)24-18(21-22-23-24)11-20-15(3)17-9-5-8-16(10-17)12-25/h4-10,15,20,25H,11-12H2,1-3H3. The molecule has 0 radical (unpaired) electrons. The smallest absolute Gasteiger partial charge is 0.170 e. The van der Waals surface area contributed by atoms with E-state index >= 15 is 0 Å². The molecule has 1 unspecified atom stereocenters. The summed E-state index contributed by atoms with van der Waals surface area (Å²) in [5, 5.41) is 24.9. The number of tetrazole rings is 1. The molecule has 0 fully saturated rings. The zero-order valence-corrected chi connectivity index (χ0v) is 14.8. The minimum atomic E-state index is 0.0470. The molecule has 6 heteroatoms. The number of aliphatic hydroxyl groups excluding tert-OH is 1. The molecule has 0 bridgehead atoms. The Bertz CT molecular complexity index is 838. The molecular weight excluding hydrogens is 314 g/mol. The van der Waals surface area contributed by atoms with Crippen LogP contribution in [0.1, 0.15) is 41.0 Å². The van der Waals surface area contributed by atoms with Gasteiger partial charge in [-0.25, -0.2) is 0 Å². The van der Waals surface area contributed by atoms with Crippen molar-refractivity contribution in [2.45, 2.75) is 40.0 Å². The molecule has 0 aliphatic rings. The van der Waals surface area contributed by atoms with Crippen LogP contribution < -0.4 is 5.32 Å². The van der Waals surface area contributed by atoms with Gasteiger partial charge >= 0.3 is 0 Å². The van der Waals surface area contributed by atoms with Crippen molar-refractivity contribution in [3.63, 3.8) is 0 Å². The summed E-state index contributed by atoms with van der Waals surface area (Å²) in [5.74, 6) is 0.766. The van der Waals surface area contributed by atoms with E-state index in [9.17, 15) is 5.11 Å². The summed E-state index contributed by atoms with van der Waals surface area (Å²) < 4.78 is 1.80. The third-order valence-electron chi connectivity index (χ3n) is 4.39. The summed E-state index contributed by atoms with van der Waals surface area (Å²) in [5.41, 5.74) is 5.33. The van der Waals surface area contributed by atoms with Gasteiger partial charge in [-0.05, 0) is 53.5 Å². The summed E-state index contributed by atoms with van der Waals surface area (Å²) in [7, 11) is 0. The third kappa shape index (κ3) is 3.75. The predicted octanol–water partition coefficient (Wildman–Crippen LogP) is 2.62. The van der Waals surface area contributed by atoms with Gasteiger partial charge in [0.05, 0.1) is 18.8 Å². The number of rotatable bonds is 6. The lowest BCUT2D eigenvalue weighted by molar-refractivity contribution is 0.281. The van der Waals surface area contributed by atoms with Crippen molar-refractivity contribution < 1.29 is 5.11 Å². The highest BCUT2D eigenvalue weighted by atomic mass is 16.3.